The summed E-state index contributed by atoms with van der Waals surface area (Å²) in [5.74, 6) is 0.302. The molecule has 3 rings (SSSR count). The largest absolute Gasteiger partial charge is 0.467 e. The second-order valence-corrected chi connectivity index (χ2v) is 9.79. The van der Waals surface area contributed by atoms with Gasteiger partial charge in [-0.1, -0.05) is 41.9 Å². The molecule has 2 aromatic carbocycles. The minimum atomic E-state index is -3.92. The van der Waals surface area contributed by atoms with E-state index in [1.807, 2.05) is 30.3 Å². The Hall–Kier alpha value is -2.65. The van der Waals surface area contributed by atoms with Crippen LogP contribution in [0.5, 0.6) is 0 Å². The lowest BCUT2D eigenvalue weighted by Crippen LogP contribution is -2.44. The SMILES string of the molecule is COCCN(CC(=O)N(CCc1ccccc1)Cc1ccco1)S(=O)(=O)c1ccc(Cl)cc1. The van der Waals surface area contributed by atoms with E-state index in [0.717, 1.165) is 9.87 Å². The predicted octanol–water partition coefficient (Wildman–Crippen LogP) is 3.84. The van der Waals surface area contributed by atoms with Gasteiger partial charge < -0.3 is 14.1 Å². The molecule has 1 heterocycles. The number of methoxy groups -OCH3 is 1. The molecule has 3 aromatic rings. The van der Waals surface area contributed by atoms with Crippen molar-refractivity contribution in [1.82, 2.24) is 9.21 Å². The summed E-state index contributed by atoms with van der Waals surface area (Å²) in [6, 6.07) is 19.2. The van der Waals surface area contributed by atoms with Crippen LogP contribution in [-0.2, 0) is 32.5 Å². The van der Waals surface area contributed by atoms with E-state index in [1.165, 1.54) is 31.4 Å². The Morgan fingerprint density at radius 2 is 1.73 bits per heavy atom. The van der Waals surface area contributed by atoms with Gasteiger partial charge >= 0.3 is 0 Å². The van der Waals surface area contributed by atoms with E-state index in [-0.39, 0.29) is 37.0 Å². The molecule has 33 heavy (non-hydrogen) atoms. The number of rotatable bonds is 12. The molecule has 176 valence electrons. The summed E-state index contributed by atoms with van der Waals surface area (Å²) in [7, 11) is -2.44. The van der Waals surface area contributed by atoms with Crippen LogP contribution in [0, 0.1) is 0 Å². The second-order valence-electron chi connectivity index (χ2n) is 7.42. The van der Waals surface area contributed by atoms with Gasteiger partial charge in [-0.05, 0) is 48.4 Å². The summed E-state index contributed by atoms with van der Waals surface area (Å²) in [5.41, 5.74) is 1.08. The monoisotopic (exact) mass is 490 g/mol. The normalized spacial score (nSPS) is 11.6. The average Bonchev–Trinajstić information content (AvgIpc) is 3.33. The number of benzene rings is 2. The molecule has 0 aliphatic rings. The van der Waals surface area contributed by atoms with Gasteiger partial charge in [-0.3, -0.25) is 4.79 Å². The molecule has 0 atom stereocenters. The first-order chi connectivity index (χ1) is 15.9. The molecule has 0 N–H and O–H groups in total. The molecule has 7 nitrogen and oxygen atoms in total. The zero-order chi connectivity index (χ0) is 23.7. The Morgan fingerprint density at radius 3 is 2.36 bits per heavy atom. The van der Waals surface area contributed by atoms with Crippen LogP contribution >= 0.6 is 11.6 Å². The first-order valence-corrected chi connectivity index (χ1v) is 12.3. The van der Waals surface area contributed by atoms with Crippen molar-refractivity contribution in [2.24, 2.45) is 0 Å². The average molecular weight is 491 g/mol. The lowest BCUT2D eigenvalue weighted by Gasteiger charge is -2.27. The Bertz CT molecular complexity index is 1100. The number of sulfonamides is 1. The van der Waals surface area contributed by atoms with Crippen molar-refractivity contribution in [3.05, 3.63) is 89.3 Å². The molecule has 0 radical (unpaired) electrons. The van der Waals surface area contributed by atoms with Crippen molar-refractivity contribution in [3.63, 3.8) is 0 Å². The molecule has 9 heteroatoms. The zero-order valence-electron chi connectivity index (χ0n) is 18.4. The minimum absolute atomic E-state index is 0.0421. The van der Waals surface area contributed by atoms with Crippen molar-refractivity contribution in [3.8, 4) is 0 Å². The molecule has 0 saturated carbocycles. The number of nitrogens with zero attached hydrogens (tertiary/aromatic N) is 2. The maximum atomic E-state index is 13.3. The van der Waals surface area contributed by atoms with Gasteiger partial charge in [0.25, 0.3) is 0 Å². The van der Waals surface area contributed by atoms with Crippen molar-refractivity contribution in [2.75, 3.05) is 33.4 Å². The number of hydrogen-bond acceptors (Lipinski definition) is 5. The Morgan fingerprint density at radius 1 is 1.00 bits per heavy atom. The van der Waals surface area contributed by atoms with Gasteiger partial charge in [0, 0.05) is 25.2 Å². The van der Waals surface area contributed by atoms with Crippen molar-refractivity contribution in [1.29, 1.82) is 0 Å². The first-order valence-electron chi connectivity index (χ1n) is 10.5. The van der Waals surface area contributed by atoms with Gasteiger partial charge in [-0.25, -0.2) is 8.42 Å². The minimum Gasteiger partial charge on any atom is -0.467 e. The Labute approximate surface area is 199 Å². The number of furan rings is 1. The van der Waals surface area contributed by atoms with Gasteiger partial charge in [0.1, 0.15) is 5.76 Å². The van der Waals surface area contributed by atoms with E-state index in [0.29, 0.717) is 23.7 Å². The second kappa shape index (κ2) is 12.0. The summed E-state index contributed by atoms with van der Waals surface area (Å²) >= 11 is 5.91. The lowest BCUT2D eigenvalue weighted by molar-refractivity contribution is -0.132. The molecule has 0 aliphatic heterocycles. The molecule has 0 unspecified atom stereocenters. The zero-order valence-corrected chi connectivity index (χ0v) is 20.0. The highest BCUT2D eigenvalue weighted by Crippen LogP contribution is 2.19. The van der Waals surface area contributed by atoms with Gasteiger partial charge in [0.05, 0.1) is 30.9 Å². The molecule has 0 fully saturated rings. The summed E-state index contributed by atoms with van der Waals surface area (Å²) in [6.07, 6.45) is 2.18. The molecule has 0 spiro atoms. The number of hydrogen-bond donors (Lipinski definition) is 0. The summed E-state index contributed by atoms with van der Waals surface area (Å²) in [6.45, 7) is 0.549. The smallest absolute Gasteiger partial charge is 0.243 e. The van der Waals surface area contributed by atoms with Crippen molar-refractivity contribution >= 4 is 27.5 Å². The number of amides is 1. The molecule has 1 amide bonds. The van der Waals surface area contributed by atoms with Crippen LogP contribution in [0.1, 0.15) is 11.3 Å². The van der Waals surface area contributed by atoms with Crippen LogP contribution < -0.4 is 0 Å². The van der Waals surface area contributed by atoms with Crippen LogP contribution in [0.25, 0.3) is 0 Å². The number of carbonyl (C=O) groups is 1. The van der Waals surface area contributed by atoms with Crippen LogP contribution in [0.3, 0.4) is 0 Å². The van der Waals surface area contributed by atoms with Crippen LogP contribution in [0.2, 0.25) is 5.02 Å². The summed E-state index contributed by atoms with van der Waals surface area (Å²) in [4.78, 5) is 15.0. The third kappa shape index (κ3) is 7.17. The van der Waals surface area contributed by atoms with E-state index < -0.39 is 10.0 Å². The molecular formula is C24H27ClN2O5S. The highest BCUT2D eigenvalue weighted by atomic mass is 35.5. The van der Waals surface area contributed by atoms with Crippen molar-refractivity contribution < 1.29 is 22.4 Å². The fraction of sp³-hybridized carbons (Fsp3) is 0.292. The number of halogens is 1. The maximum Gasteiger partial charge on any atom is 0.243 e. The van der Waals surface area contributed by atoms with Crippen molar-refractivity contribution in [2.45, 2.75) is 17.9 Å². The van der Waals surface area contributed by atoms with E-state index in [9.17, 15) is 13.2 Å². The Balaban J connectivity index is 1.79. The fourth-order valence-electron chi connectivity index (χ4n) is 3.28. The quantitative estimate of drug-likeness (QED) is 0.385. The van der Waals surface area contributed by atoms with Gasteiger partial charge in [0.2, 0.25) is 15.9 Å². The summed E-state index contributed by atoms with van der Waals surface area (Å²) in [5, 5.41) is 0.430. The third-order valence-corrected chi connectivity index (χ3v) is 7.21. The molecule has 0 bridgehead atoms. The van der Waals surface area contributed by atoms with Crippen LogP contribution in [0.15, 0.2) is 82.3 Å². The first kappa shape index (κ1) is 25.0. The van der Waals surface area contributed by atoms with E-state index in [1.54, 1.807) is 23.3 Å². The lowest BCUT2D eigenvalue weighted by atomic mass is 10.1. The molecule has 1 aromatic heterocycles. The third-order valence-electron chi connectivity index (χ3n) is 5.10. The molecule has 0 saturated heterocycles. The van der Waals surface area contributed by atoms with Gasteiger partial charge in [-0.15, -0.1) is 0 Å². The standard InChI is InChI=1S/C24H27ClN2O5S/c1-31-17-15-27(33(29,30)23-11-9-21(25)10-12-23)19-24(28)26(18-22-8-5-16-32-22)14-13-20-6-3-2-4-7-20/h2-12,16H,13-15,17-19H2,1H3. The molecular weight excluding hydrogens is 464 g/mol. The molecule has 0 aliphatic carbocycles. The van der Waals surface area contributed by atoms with Crippen LogP contribution in [-0.4, -0.2) is 56.9 Å². The fourth-order valence-corrected chi connectivity index (χ4v) is 4.77. The highest BCUT2D eigenvalue weighted by Gasteiger charge is 2.28. The van der Waals surface area contributed by atoms with Crippen LogP contribution in [0.4, 0.5) is 0 Å². The van der Waals surface area contributed by atoms with E-state index in [4.69, 9.17) is 20.8 Å². The van der Waals surface area contributed by atoms with E-state index in [2.05, 4.69) is 0 Å². The topological polar surface area (TPSA) is 80.1 Å². The number of ether oxygens (including phenoxy) is 1. The predicted molar refractivity (Wildman–Crippen MR) is 126 cm³/mol. The van der Waals surface area contributed by atoms with Gasteiger partial charge in [0.15, 0.2) is 0 Å². The van der Waals surface area contributed by atoms with Gasteiger partial charge in [-0.2, -0.15) is 4.31 Å². The number of carbonyl (C=O) groups excluding carboxylic acids is 1. The van der Waals surface area contributed by atoms with E-state index >= 15 is 0 Å². The summed E-state index contributed by atoms with van der Waals surface area (Å²) < 4.78 is 38.1. The Kier molecular flexibility index (Phi) is 9.08. The maximum absolute atomic E-state index is 13.3. The highest BCUT2D eigenvalue weighted by molar-refractivity contribution is 7.89.